The van der Waals surface area contributed by atoms with Gasteiger partial charge in [0.15, 0.2) is 0 Å². The molecule has 0 saturated heterocycles. The molecule has 2 rings (SSSR count). The summed E-state index contributed by atoms with van der Waals surface area (Å²) in [5.74, 6) is 0. The summed E-state index contributed by atoms with van der Waals surface area (Å²) in [4.78, 5) is 5.32. The number of nitrogen functional groups attached to an aromatic ring is 1. The Morgan fingerprint density at radius 1 is 1.42 bits per heavy atom. The summed E-state index contributed by atoms with van der Waals surface area (Å²) >= 11 is 2.32. The molecule has 10 heteroatoms. The Morgan fingerprint density at radius 3 is 2.68 bits per heavy atom. The quantitative estimate of drug-likeness (QED) is 0.856. The van der Waals surface area contributed by atoms with Gasteiger partial charge in [-0.1, -0.05) is 18.3 Å². The molecule has 3 N–H and O–H groups in total. The van der Waals surface area contributed by atoms with Gasteiger partial charge < -0.3 is 5.73 Å². The maximum atomic E-state index is 12.0. The molecule has 1 atom stereocenters. The van der Waals surface area contributed by atoms with Gasteiger partial charge in [-0.05, 0) is 13.3 Å². The second-order valence-corrected chi connectivity index (χ2v) is 7.81. The fourth-order valence-corrected chi connectivity index (χ4v) is 4.29. The van der Waals surface area contributed by atoms with E-state index in [-0.39, 0.29) is 9.47 Å². The second kappa shape index (κ2) is 5.49. The normalized spacial score (nSPS) is 13.6. The van der Waals surface area contributed by atoms with E-state index in [0.717, 1.165) is 27.6 Å². The topological polar surface area (TPSA) is 111 Å². The molecule has 7 nitrogen and oxygen atoms in total. The molecule has 2 aromatic rings. The van der Waals surface area contributed by atoms with Crippen LogP contribution in [0.1, 0.15) is 29.8 Å². The van der Waals surface area contributed by atoms with E-state index in [1.165, 1.54) is 11.3 Å². The number of aromatic nitrogens is 3. The predicted molar refractivity (Wildman–Crippen MR) is 74.5 cm³/mol. The fourth-order valence-electron chi connectivity index (χ4n) is 1.35. The highest BCUT2D eigenvalue weighted by atomic mass is 32.2. The Kier molecular flexibility index (Phi) is 4.13. The maximum Gasteiger partial charge on any atom is 0.270 e. The smallest absolute Gasteiger partial charge is 0.270 e. The van der Waals surface area contributed by atoms with Crippen molar-refractivity contribution in [2.45, 2.75) is 30.6 Å². The second-order valence-electron chi connectivity index (χ2n) is 3.77. The lowest BCUT2D eigenvalue weighted by molar-refractivity contribution is 0.564. The first kappa shape index (κ1) is 14.3. The molecule has 0 aliphatic carbocycles. The monoisotopic (exact) mass is 319 g/mol. The van der Waals surface area contributed by atoms with E-state index in [1.54, 1.807) is 13.1 Å². The van der Waals surface area contributed by atoms with Crippen LogP contribution in [0.15, 0.2) is 10.5 Å². The van der Waals surface area contributed by atoms with Gasteiger partial charge in [0.1, 0.15) is 5.01 Å². The highest BCUT2D eigenvalue weighted by Gasteiger charge is 2.23. The van der Waals surface area contributed by atoms with Crippen molar-refractivity contribution in [3.63, 3.8) is 0 Å². The Labute approximate surface area is 119 Å². The minimum atomic E-state index is -3.70. The first-order valence-corrected chi connectivity index (χ1v) is 8.60. The molecule has 0 aromatic carbocycles. The van der Waals surface area contributed by atoms with Crippen LogP contribution in [-0.2, 0) is 16.4 Å². The summed E-state index contributed by atoms with van der Waals surface area (Å²) in [6.45, 7) is 3.76. The number of anilines is 1. The average molecular weight is 319 g/mol. The van der Waals surface area contributed by atoms with Crippen molar-refractivity contribution < 1.29 is 8.42 Å². The predicted octanol–water partition coefficient (Wildman–Crippen LogP) is 1.18. The SMILES string of the molecule is CCc1cnc(C(C)NS(=O)(=O)c2nnc(N)s2)s1. The van der Waals surface area contributed by atoms with Gasteiger partial charge in [-0.2, -0.15) is 4.72 Å². The average Bonchev–Trinajstić information content (AvgIpc) is 2.96. The number of thiazole rings is 1. The van der Waals surface area contributed by atoms with Gasteiger partial charge >= 0.3 is 0 Å². The summed E-state index contributed by atoms with van der Waals surface area (Å²) in [7, 11) is -3.70. The van der Waals surface area contributed by atoms with E-state index in [2.05, 4.69) is 19.9 Å². The third kappa shape index (κ3) is 3.26. The number of sulfonamides is 1. The van der Waals surface area contributed by atoms with Crippen LogP contribution in [0.4, 0.5) is 5.13 Å². The molecule has 0 saturated carbocycles. The molecule has 0 spiro atoms. The first-order chi connectivity index (χ1) is 8.92. The summed E-state index contributed by atoms with van der Waals surface area (Å²) in [6, 6.07) is -0.416. The lowest BCUT2D eigenvalue weighted by Gasteiger charge is -2.09. The van der Waals surface area contributed by atoms with Crippen LogP contribution >= 0.6 is 22.7 Å². The van der Waals surface area contributed by atoms with E-state index in [1.807, 2.05) is 6.92 Å². The molecule has 0 amide bonds. The molecule has 1 unspecified atom stereocenters. The van der Waals surface area contributed by atoms with Crippen molar-refractivity contribution in [3.05, 3.63) is 16.1 Å². The van der Waals surface area contributed by atoms with Gasteiger partial charge in [0.05, 0.1) is 6.04 Å². The van der Waals surface area contributed by atoms with E-state index >= 15 is 0 Å². The van der Waals surface area contributed by atoms with Gasteiger partial charge in [0, 0.05) is 11.1 Å². The summed E-state index contributed by atoms with van der Waals surface area (Å²) < 4.78 is 26.4. The van der Waals surface area contributed by atoms with Crippen LogP contribution < -0.4 is 10.5 Å². The van der Waals surface area contributed by atoms with E-state index in [4.69, 9.17) is 5.73 Å². The first-order valence-electron chi connectivity index (χ1n) is 5.48. The van der Waals surface area contributed by atoms with Crippen molar-refractivity contribution >= 4 is 37.8 Å². The van der Waals surface area contributed by atoms with Gasteiger partial charge in [-0.25, -0.2) is 13.4 Å². The Balaban J connectivity index is 2.16. The number of hydrogen-bond acceptors (Lipinski definition) is 8. The summed E-state index contributed by atoms with van der Waals surface area (Å²) in [6.07, 6.45) is 2.64. The molecule has 0 radical (unpaired) electrons. The Morgan fingerprint density at radius 2 is 2.16 bits per heavy atom. The molecule has 0 fully saturated rings. The summed E-state index contributed by atoms with van der Waals surface area (Å²) in [5.41, 5.74) is 5.38. The number of aryl methyl sites for hydroxylation is 1. The standard InChI is InChI=1S/C9H13N5O2S3/c1-3-6-4-11-7(17-6)5(2)14-19(15,16)9-13-12-8(10)18-9/h4-5,14H,3H2,1-2H3,(H2,10,12). The molecule has 0 aliphatic heterocycles. The lowest BCUT2D eigenvalue weighted by Crippen LogP contribution is -2.26. The Bertz CT molecular complexity index is 663. The van der Waals surface area contributed by atoms with Crippen molar-refractivity contribution in [1.29, 1.82) is 0 Å². The molecule has 0 aliphatic rings. The number of nitrogens with two attached hydrogens (primary N) is 1. The molecular weight excluding hydrogens is 306 g/mol. The Hall–Kier alpha value is -1.10. The third-order valence-electron chi connectivity index (χ3n) is 2.27. The number of nitrogens with zero attached hydrogens (tertiary/aromatic N) is 3. The van der Waals surface area contributed by atoms with Crippen LogP contribution in [-0.4, -0.2) is 23.6 Å². The van der Waals surface area contributed by atoms with Gasteiger partial charge in [0.2, 0.25) is 9.47 Å². The van der Waals surface area contributed by atoms with Crippen molar-refractivity contribution in [2.24, 2.45) is 0 Å². The van der Waals surface area contributed by atoms with Gasteiger partial charge in [-0.3, -0.25) is 0 Å². The zero-order valence-electron chi connectivity index (χ0n) is 10.3. The maximum absolute atomic E-state index is 12.0. The number of hydrogen-bond donors (Lipinski definition) is 2. The van der Waals surface area contributed by atoms with Crippen molar-refractivity contribution in [3.8, 4) is 0 Å². The zero-order chi connectivity index (χ0) is 14.0. The molecule has 2 heterocycles. The number of nitrogens with one attached hydrogen (secondary N) is 1. The molecule has 19 heavy (non-hydrogen) atoms. The van der Waals surface area contributed by atoms with E-state index in [0.29, 0.717) is 0 Å². The van der Waals surface area contributed by atoms with Crippen LogP contribution in [0, 0.1) is 0 Å². The molecule has 104 valence electrons. The van der Waals surface area contributed by atoms with Gasteiger partial charge in [0.25, 0.3) is 10.0 Å². The van der Waals surface area contributed by atoms with E-state index in [9.17, 15) is 8.42 Å². The molecule has 0 bridgehead atoms. The zero-order valence-corrected chi connectivity index (χ0v) is 12.8. The van der Waals surface area contributed by atoms with Crippen LogP contribution in [0.2, 0.25) is 0 Å². The van der Waals surface area contributed by atoms with E-state index < -0.39 is 16.1 Å². The highest BCUT2D eigenvalue weighted by Crippen LogP contribution is 2.23. The largest absolute Gasteiger partial charge is 0.374 e. The molecular formula is C9H13N5O2S3. The lowest BCUT2D eigenvalue weighted by atomic mass is 10.4. The minimum Gasteiger partial charge on any atom is -0.374 e. The molecule has 2 aromatic heterocycles. The minimum absolute atomic E-state index is 0.121. The van der Waals surface area contributed by atoms with Crippen LogP contribution in [0.5, 0.6) is 0 Å². The van der Waals surface area contributed by atoms with Crippen molar-refractivity contribution in [1.82, 2.24) is 19.9 Å². The highest BCUT2D eigenvalue weighted by molar-refractivity contribution is 7.91. The van der Waals surface area contributed by atoms with Crippen LogP contribution in [0.3, 0.4) is 0 Å². The van der Waals surface area contributed by atoms with Crippen molar-refractivity contribution in [2.75, 3.05) is 5.73 Å². The van der Waals surface area contributed by atoms with Crippen LogP contribution in [0.25, 0.3) is 0 Å². The third-order valence-corrected chi connectivity index (χ3v) is 6.26. The number of rotatable bonds is 5. The van der Waals surface area contributed by atoms with Gasteiger partial charge in [-0.15, -0.1) is 21.5 Å². The summed E-state index contributed by atoms with van der Waals surface area (Å²) in [5, 5.41) is 7.87. The fraction of sp³-hybridized carbons (Fsp3) is 0.444.